The summed E-state index contributed by atoms with van der Waals surface area (Å²) in [4.78, 5) is 8.76. The van der Waals surface area contributed by atoms with Crippen LogP contribution in [-0.4, -0.2) is 22.3 Å². The van der Waals surface area contributed by atoms with Crippen molar-refractivity contribution in [1.29, 1.82) is 0 Å². The molecule has 0 aliphatic carbocycles. The predicted molar refractivity (Wildman–Crippen MR) is 85.1 cm³/mol. The van der Waals surface area contributed by atoms with E-state index in [-0.39, 0.29) is 0 Å². The van der Waals surface area contributed by atoms with Gasteiger partial charge in [0.1, 0.15) is 0 Å². The quantitative estimate of drug-likeness (QED) is 0.651. The van der Waals surface area contributed by atoms with Crippen molar-refractivity contribution in [2.75, 3.05) is 12.3 Å². The Morgan fingerprint density at radius 2 is 2.00 bits per heavy atom. The molecule has 1 atom stereocenters. The van der Waals surface area contributed by atoms with E-state index in [2.05, 4.69) is 53.4 Å². The molecule has 3 nitrogen and oxygen atoms in total. The molecule has 2 aromatic rings. The highest BCUT2D eigenvalue weighted by Crippen LogP contribution is 2.24. The molecule has 0 spiro atoms. The van der Waals surface area contributed by atoms with Gasteiger partial charge in [-0.25, -0.2) is 9.97 Å². The van der Waals surface area contributed by atoms with Crippen molar-refractivity contribution in [3.63, 3.8) is 0 Å². The second kappa shape index (κ2) is 7.41. The molecule has 0 saturated heterocycles. The first-order valence-corrected chi connectivity index (χ1v) is 7.90. The molecule has 0 amide bonds. The van der Waals surface area contributed by atoms with Gasteiger partial charge in [0.2, 0.25) is 0 Å². The highest BCUT2D eigenvalue weighted by atomic mass is 32.2. The molecule has 20 heavy (non-hydrogen) atoms. The lowest BCUT2D eigenvalue weighted by molar-refractivity contribution is 0.602. The van der Waals surface area contributed by atoms with Crippen LogP contribution in [-0.2, 0) is 0 Å². The van der Waals surface area contributed by atoms with Crippen molar-refractivity contribution in [2.45, 2.75) is 32.0 Å². The molecule has 1 unspecified atom stereocenters. The number of benzene rings is 1. The van der Waals surface area contributed by atoms with E-state index in [1.807, 2.05) is 19.2 Å². The molecule has 0 bridgehead atoms. The van der Waals surface area contributed by atoms with Gasteiger partial charge in [-0.1, -0.05) is 43.0 Å². The van der Waals surface area contributed by atoms with Crippen molar-refractivity contribution >= 4 is 11.8 Å². The van der Waals surface area contributed by atoms with E-state index in [4.69, 9.17) is 0 Å². The SMILES string of the molecule is CCNC(CSc1nccc(C)n1)c1ccccc1C. The molecule has 106 valence electrons. The second-order valence-corrected chi connectivity index (χ2v) is 5.75. The van der Waals surface area contributed by atoms with Gasteiger partial charge in [0.25, 0.3) is 0 Å². The van der Waals surface area contributed by atoms with E-state index < -0.39 is 0 Å². The van der Waals surface area contributed by atoms with Gasteiger partial charge >= 0.3 is 0 Å². The highest BCUT2D eigenvalue weighted by Gasteiger charge is 2.13. The summed E-state index contributed by atoms with van der Waals surface area (Å²) in [6.45, 7) is 7.25. The maximum atomic E-state index is 4.45. The third-order valence-corrected chi connectivity index (χ3v) is 4.12. The fourth-order valence-corrected chi connectivity index (χ4v) is 3.09. The lowest BCUT2D eigenvalue weighted by atomic mass is 10.0. The summed E-state index contributed by atoms with van der Waals surface area (Å²) in [6, 6.07) is 10.8. The molecule has 2 rings (SSSR count). The molecule has 1 N–H and O–H groups in total. The van der Waals surface area contributed by atoms with Gasteiger partial charge in [0, 0.05) is 23.7 Å². The molecule has 0 saturated carbocycles. The standard InChI is InChI=1S/C16H21N3S/c1-4-17-15(14-8-6-5-7-12(14)2)11-20-16-18-10-9-13(3)19-16/h5-10,15,17H,4,11H2,1-3H3. The average molecular weight is 287 g/mol. The molecule has 1 aromatic carbocycles. The first-order chi connectivity index (χ1) is 9.70. The van der Waals surface area contributed by atoms with Crippen molar-refractivity contribution in [3.8, 4) is 0 Å². The number of nitrogens with one attached hydrogen (secondary N) is 1. The average Bonchev–Trinajstić information content (AvgIpc) is 2.44. The van der Waals surface area contributed by atoms with Crippen LogP contribution in [0.25, 0.3) is 0 Å². The van der Waals surface area contributed by atoms with Crippen LogP contribution in [0.3, 0.4) is 0 Å². The normalized spacial score (nSPS) is 12.3. The van der Waals surface area contributed by atoms with Gasteiger partial charge in [0.05, 0.1) is 0 Å². The Labute approximate surface area is 125 Å². The Hall–Kier alpha value is -1.39. The summed E-state index contributed by atoms with van der Waals surface area (Å²) >= 11 is 1.70. The van der Waals surface area contributed by atoms with E-state index in [9.17, 15) is 0 Å². The number of rotatable bonds is 6. The highest BCUT2D eigenvalue weighted by molar-refractivity contribution is 7.99. The van der Waals surface area contributed by atoms with Crippen molar-refractivity contribution in [3.05, 3.63) is 53.3 Å². The van der Waals surface area contributed by atoms with Gasteiger partial charge < -0.3 is 5.32 Å². The minimum Gasteiger partial charge on any atom is -0.309 e. The van der Waals surface area contributed by atoms with Gasteiger partial charge in [-0.05, 0) is 37.6 Å². The van der Waals surface area contributed by atoms with Crippen LogP contribution in [0.5, 0.6) is 0 Å². The summed E-state index contributed by atoms with van der Waals surface area (Å²) in [5.74, 6) is 0.933. The minimum atomic E-state index is 0.329. The predicted octanol–water partition coefficient (Wildman–Crippen LogP) is 3.54. The van der Waals surface area contributed by atoms with Crippen LogP contribution in [0.2, 0.25) is 0 Å². The Bertz CT molecular complexity index is 557. The Morgan fingerprint density at radius 1 is 1.20 bits per heavy atom. The molecule has 1 heterocycles. The number of thioether (sulfide) groups is 1. The summed E-state index contributed by atoms with van der Waals surface area (Å²) < 4.78 is 0. The number of aromatic nitrogens is 2. The summed E-state index contributed by atoms with van der Waals surface area (Å²) in [5, 5.41) is 4.40. The zero-order valence-electron chi connectivity index (χ0n) is 12.3. The van der Waals surface area contributed by atoms with E-state index in [1.54, 1.807) is 11.8 Å². The van der Waals surface area contributed by atoms with Crippen LogP contribution in [0.4, 0.5) is 0 Å². The molecule has 1 aromatic heterocycles. The zero-order valence-corrected chi connectivity index (χ0v) is 13.1. The zero-order chi connectivity index (χ0) is 14.4. The van der Waals surface area contributed by atoms with Crippen molar-refractivity contribution in [1.82, 2.24) is 15.3 Å². The van der Waals surface area contributed by atoms with Crippen LogP contribution in [0.15, 0.2) is 41.7 Å². The first kappa shape index (κ1) is 15.0. The third-order valence-electron chi connectivity index (χ3n) is 3.17. The number of nitrogens with zero attached hydrogens (tertiary/aromatic N) is 2. The lowest BCUT2D eigenvalue weighted by Gasteiger charge is -2.19. The number of aryl methyl sites for hydroxylation is 2. The summed E-state index contributed by atoms with van der Waals surface area (Å²) in [5.41, 5.74) is 3.69. The fourth-order valence-electron chi connectivity index (χ4n) is 2.14. The minimum absolute atomic E-state index is 0.329. The van der Waals surface area contributed by atoms with Gasteiger partial charge in [0.15, 0.2) is 5.16 Å². The molecule has 0 aliphatic rings. The Kier molecular flexibility index (Phi) is 5.56. The van der Waals surface area contributed by atoms with E-state index in [0.717, 1.165) is 23.1 Å². The molecule has 4 heteroatoms. The first-order valence-electron chi connectivity index (χ1n) is 6.92. The van der Waals surface area contributed by atoms with Crippen LogP contribution in [0, 0.1) is 13.8 Å². The molecule has 0 aliphatic heterocycles. The van der Waals surface area contributed by atoms with Crippen LogP contribution in [0.1, 0.15) is 29.8 Å². The third kappa shape index (κ3) is 4.05. The topological polar surface area (TPSA) is 37.8 Å². The second-order valence-electron chi connectivity index (χ2n) is 4.76. The summed E-state index contributed by atoms with van der Waals surface area (Å²) in [6.07, 6.45) is 1.82. The summed E-state index contributed by atoms with van der Waals surface area (Å²) in [7, 11) is 0. The molecule has 0 radical (unpaired) electrons. The van der Waals surface area contributed by atoms with E-state index in [0.29, 0.717) is 6.04 Å². The van der Waals surface area contributed by atoms with Crippen LogP contribution < -0.4 is 5.32 Å². The van der Waals surface area contributed by atoms with Crippen molar-refractivity contribution in [2.24, 2.45) is 0 Å². The Morgan fingerprint density at radius 3 is 2.70 bits per heavy atom. The lowest BCUT2D eigenvalue weighted by Crippen LogP contribution is -2.23. The van der Waals surface area contributed by atoms with Gasteiger partial charge in [-0.2, -0.15) is 0 Å². The van der Waals surface area contributed by atoms with E-state index in [1.165, 1.54) is 11.1 Å². The molecular weight excluding hydrogens is 266 g/mol. The molecule has 0 fully saturated rings. The Balaban J connectivity index is 2.08. The van der Waals surface area contributed by atoms with E-state index >= 15 is 0 Å². The monoisotopic (exact) mass is 287 g/mol. The molecular formula is C16H21N3S. The van der Waals surface area contributed by atoms with Gasteiger partial charge in [-0.15, -0.1) is 0 Å². The fraction of sp³-hybridized carbons (Fsp3) is 0.375. The smallest absolute Gasteiger partial charge is 0.187 e. The van der Waals surface area contributed by atoms with Gasteiger partial charge in [-0.3, -0.25) is 0 Å². The number of hydrogen-bond acceptors (Lipinski definition) is 4. The maximum absolute atomic E-state index is 4.45. The van der Waals surface area contributed by atoms with Crippen LogP contribution >= 0.6 is 11.8 Å². The number of hydrogen-bond donors (Lipinski definition) is 1. The maximum Gasteiger partial charge on any atom is 0.187 e. The largest absolute Gasteiger partial charge is 0.309 e. The van der Waals surface area contributed by atoms with Crippen molar-refractivity contribution < 1.29 is 0 Å².